The molecule has 6 heteroatoms. The van der Waals surface area contributed by atoms with Crippen molar-refractivity contribution in [2.24, 2.45) is 5.92 Å². The van der Waals surface area contributed by atoms with Gasteiger partial charge in [0.05, 0.1) is 30.2 Å². The van der Waals surface area contributed by atoms with E-state index in [1.807, 2.05) is 29.1 Å². The lowest BCUT2D eigenvalue weighted by atomic mass is 9.94. The molecule has 3 fully saturated rings. The third-order valence-corrected chi connectivity index (χ3v) is 6.18. The van der Waals surface area contributed by atoms with Crippen LogP contribution in [0.3, 0.4) is 0 Å². The van der Waals surface area contributed by atoms with Crippen LogP contribution >= 0.6 is 11.3 Å². The lowest BCUT2D eigenvalue weighted by Gasteiger charge is -2.35. The van der Waals surface area contributed by atoms with Gasteiger partial charge in [-0.3, -0.25) is 9.69 Å². The minimum absolute atomic E-state index is 0.0942. The molecule has 134 valence electrons. The van der Waals surface area contributed by atoms with E-state index in [0.29, 0.717) is 12.5 Å². The topological polar surface area (TPSA) is 49.6 Å². The van der Waals surface area contributed by atoms with Gasteiger partial charge in [0, 0.05) is 29.9 Å². The van der Waals surface area contributed by atoms with Gasteiger partial charge in [0.25, 0.3) is 0 Å². The molecular formula is C20H21N3O2S. The molecule has 3 aliphatic heterocycles. The fourth-order valence-corrected chi connectivity index (χ4v) is 4.84. The summed E-state index contributed by atoms with van der Waals surface area (Å²) in [7, 11) is 0. The number of piperidine rings is 1. The molecule has 3 saturated heterocycles. The van der Waals surface area contributed by atoms with Gasteiger partial charge in [-0.05, 0) is 25.0 Å². The highest BCUT2D eigenvalue weighted by atomic mass is 32.1. The smallest absolute Gasteiger partial charge is 0.227 e. The standard InChI is InChI=1S/C20H21N3O2S/c24-20-15-5-6-17(23(20)9-16-12-26-13-21-16)10-22(8-15)11-18-7-14-3-1-2-4-19(14)25-18/h1-4,7,12-13,15,17H,5-6,8-11H2/t15-,17+/m0/s1. The molecule has 2 bridgehead atoms. The summed E-state index contributed by atoms with van der Waals surface area (Å²) in [6.07, 6.45) is 2.07. The third kappa shape index (κ3) is 2.93. The van der Waals surface area contributed by atoms with E-state index in [-0.39, 0.29) is 12.0 Å². The monoisotopic (exact) mass is 367 g/mol. The number of nitrogens with zero attached hydrogens (tertiary/aromatic N) is 3. The summed E-state index contributed by atoms with van der Waals surface area (Å²) in [5, 5.41) is 3.18. The predicted octanol–water partition coefficient (Wildman–Crippen LogP) is 3.51. The molecule has 1 amide bonds. The second-order valence-corrected chi connectivity index (χ2v) is 8.04. The Morgan fingerprint density at radius 2 is 2.12 bits per heavy atom. The number of furan rings is 1. The summed E-state index contributed by atoms with van der Waals surface area (Å²) in [4.78, 5) is 21.7. The SMILES string of the molecule is O=C1[C@H]2CC[C@H](CN(Cc3cc4ccccc4o3)C2)N1Cc1cscn1. The molecule has 26 heavy (non-hydrogen) atoms. The number of carbonyl (C=O) groups is 1. The molecule has 5 heterocycles. The molecule has 2 atom stereocenters. The van der Waals surface area contributed by atoms with Crippen LogP contribution in [0.5, 0.6) is 0 Å². The Morgan fingerprint density at radius 3 is 2.96 bits per heavy atom. The van der Waals surface area contributed by atoms with E-state index in [0.717, 1.165) is 54.9 Å². The molecule has 3 aliphatic rings. The largest absolute Gasteiger partial charge is 0.460 e. The first-order chi connectivity index (χ1) is 12.8. The average molecular weight is 367 g/mol. The minimum Gasteiger partial charge on any atom is -0.460 e. The van der Waals surface area contributed by atoms with E-state index in [1.165, 1.54) is 0 Å². The van der Waals surface area contributed by atoms with Crippen LogP contribution in [0.25, 0.3) is 11.0 Å². The zero-order chi connectivity index (χ0) is 17.5. The fourth-order valence-electron chi connectivity index (χ4n) is 4.29. The van der Waals surface area contributed by atoms with Gasteiger partial charge in [-0.15, -0.1) is 11.3 Å². The van der Waals surface area contributed by atoms with Crippen molar-refractivity contribution in [3.63, 3.8) is 0 Å². The van der Waals surface area contributed by atoms with Crippen LogP contribution in [0.4, 0.5) is 0 Å². The highest BCUT2D eigenvalue weighted by molar-refractivity contribution is 7.07. The van der Waals surface area contributed by atoms with Gasteiger partial charge >= 0.3 is 0 Å². The van der Waals surface area contributed by atoms with E-state index in [4.69, 9.17) is 4.42 Å². The minimum atomic E-state index is 0.0942. The number of fused-ring (bicyclic) bond motifs is 5. The molecule has 0 N–H and O–H groups in total. The highest BCUT2D eigenvalue weighted by Crippen LogP contribution is 2.31. The summed E-state index contributed by atoms with van der Waals surface area (Å²) in [6.45, 7) is 3.13. The van der Waals surface area contributed by atoms with Gasteiger partial charge < -0.3 is 9.32 Å². The summed E-state index contributed by atoms with van der Waals surface area (Å²) in [5.74, 6) is 1.36. The Morgan fingerprint density at radius 1 is 1.19 bits per heavy atom. The van der Waals surface area contributed by atoms with Gasteiger partial charge in [0.15, 0.2) is 0 Å². The van der Waals surface area contributed by atoms with E-state index in [1.54, 1.807) is 11.3 Å². The molecule has 0 spiro atoms. The maximum Gasteiger partial charge on any atom is 0.227 e. The Hall–Kier alpha value is -2.18. The van der Waals surface area contributed by atoms with Crippen molar-refractivity contribution in [1.82, 2.24) is 14.8 Å². The molecule has 0 saturated carbocycles. The zero-order valence-electron chi connectivity index (χ0n) is 14.5. The Balaban J connectivity index is 1.35. The number of aromatic nitrogens is 1. The van der Waals surface area contributed by atoms with Crippen molar-refractivity contribution in [2.45, 2.75) is 32.0 Å². The number of rotatable bonds is 4. The molecule has 1 aromatic carbocycles. The number of para-hydroxylation sites is 1. The summed E-state index contributed by atoms with van der Waals surface area (Å²) >= 11 is 1.59. The first-order valence-corrected chi connectivity index (χ1v) is 10.1. The van der Waals surface area contributed by atoms with Gasteiger partial charge in [0.2, 0.25) is 5.91 Å². The number of hydrogen-bond acceptors (Lipinski definition) is 5. The number of thiazole rings is 1. The summed E-state index contributed by atoms with van der Waals surface area (Å²) < 4.78 is 5.99. The number of carbonyl (C=O) groups excluding carboxylic acids is 1. The Labute approximate surface area is 156 Å². The molecular weight excluding hydrogens is 346 g/mol. The normalized spacial score (nSPS) is 23.7. The van der Waals surface area contributed by atoms with E-state index < -0.39 is 0 Å². The van der Waals surface area contributed by atoms with E-state index >= 15 is 0 Å². The maximum absolute atomic E-state index is 12.9. The van der Waals surface area contributed by atoms with Crippen LogP contribution in [-0.4, -0.2) is 39.8 Å². The number of amides is 1. The number of benzene rings is 1. The van der Waals surface area contributed by atoms with Crippen LogP contribution < -0.4 is 0 Å². The van der Waals surface area contributed by atoms with Gasteiger partial charge in [-0.1, -0.05) is 18.2 Å². The molecule has 2 aromatic heterocycles. The van der Waals surface area contributed by atoms with Gasteiger partial charge in [-0.2, -0.15) is 0 Å². The van der Waals surface area contributed by atoms with Crippen molar-refractivity contribution >= 4 is 28.2 Å². The molecule has 0 radical (unpaired) electrons. The molecule has 5 nitrogen and oxygen atoms in total. The Bertz CT molecular complexity index is 887. The number of hydrogen-bond donors (Lipinski definition) is 0. The van der Waals surface area contributed by atoms with Crippen molar-refractivity contribution in [2.75, 3.05) is 13.1 Å². The summed E-state index contributed by atoms with van der Waals surface area (Å²) in [6, 6.07) is 10.5. The van der Waals surface area contributed by atoms with Crippen molar-refractivity contribution in [3.8, 4) is 0 Å². The molecule has 6 rings (SSSR count). The van der Waals surface area contributed by atoms with Crippen LogP contribution in [-0.2, 0) is 17.9 Å². The highest BCUT2D eigenvalue weighted by Gasteiger charge is 2.40. The summed E-state index contributed by atoms with van der Waals surface area (Å²) in [5.41, 5.74) is 3.77. The lowest BCUT2D eigenvalue weighted by Crippen LogP contribution is -2.47. The predicted molar refractivity (Wildman–Crippen MR) is 101 cm³/mol. The van der Waals surface area contributed by atoms with Crippen molar-refractivity contribution < 1.29 is 9.21 Å². The average Bonchev–Trinajstić information content (AvgIpc) is 3.22. The van der Waals surface area contributed by atoms with Gasteiger partial charge in [0.1, 0.15) is 11.3 Å². The zero-order valence-corrected chi connectivity index (χ0v) is 15.3. The second-order valence-electron chi connectivity index (χ2n) is 7.32. The molecule has 3 aromatic rings. The third-order valence-electron chi connectivity index (χ3n) is 5.54. The Kier molecular flexibility index (Phi) is 4.02. The van der Waals surface area contributed by atoms with Crippen LogP contribution in [0.15, 0.2) is 45.6 Å². The van der Waals surface area contributed by atoms with Crippen LogP contribution in [0.2, 0.25) is 0 Å². The van der Waals surface area contributed by atoms with Crippen LogP contribution in [0.1, 0.15) is 24.3 Å². The molecule has 0 aliphatic carbocycles. The lowest BCUT2D eigenvalue weighted by molar-refractivity contribution is -0.140. The van der Waals surface area contributed by atoms with Gasteiger partial charge in [-0.25, -0.2) is 4.98 Å². The first-order valence-electron chi connectivity index (χ1n) is 9.13. The molecule has 0 unspecified atom stereocenters. The quantitative estimate of drug-likeness (QED) is 0.708. The first kappa shape index (κ1) is 16.0. The van der Waals surface area contributed by atoms with E-state index in [9.17, 15) is 4.79 Å². The van der Waals surface area contributed by atoms with Crippen molar-refractivity contribution in [1.29, 1.82) is 0 Å². The van der Waals surface area contributed by atoms with Crippen molar-refractivity contribution in [3.05, 3.63) is 52.7 Å². The van der Waals surface area contributed by atoms with E-state index in [2.05, 4.69) is 26.9 Å². The van der Waals surface area contributed by atoms with Crippen LogP contribution in [0, 0.1) is 5.92 Å². The second kappa shape index (κ2) is 6.52. The fraction of sp³-hybridized carbons (Fsp3) is 0.400. The maximum atomic E-state index is 12.9.